The van der Waals surface area contributed by atoms with E-state index in [-0.39, 0.29) is 11.5 Å². The number of nitrogens with one attached hydrogen (secondary N) is 1. The maximum Gasteiger partial charge on any atom is 0.138 e. The molecule has 0 radical (unpaired) electrons. The van der Waals surface area contributed by atoms with Crippen LogP contribution in [0.25, 0.3) is 0 Å². The van der Waals surface area contributed by atoms with E-state index >= 15 is 0 Å². The molecule has 0 saturated heterocycles. The Morgan fingerprint density at radius 3 is 2.52 bits per heavy atom. The van der Waals surface area contributed by atoms with Gasteiger partial charge < -0.3 is 11.1 Å². The zero-order valence-electron chi connectivity index (χ0n) is 13.3. The lowest BCUT2D eigenvalue weighted by molar-refractivity contribution is 0.546. The van der Waals surface area contributed by atoms with Crippen LogP contribution in [0.4, 0.5) is 11.6 Å². The fourth-order valence-corrected chi connectivity index (χ4v) is 1.93. The Bertz CT molecular complexity index is 617. The molecule has 0 amide bonds. The lowest BCUT2D eigenvalue weighted by atomic mass is 9.95. The van der Waals surface area contributed by atoms with Gasteiger partial charge in [0, 0.05) is 23.4 Å². The van der Waals surface area contributed by atoms with Crippen LogP contribution in [0.15, 0.2) is 24.5 Å². The van der Waals surface area contributed by atoms with Crippen LogP contribution in [0.3, 0.4) is 0 Å². The first-order chi connectivity index (χ1) is 9.79. The number of anilines is 2. The quantitative estimate of drug-likeness (QED) is 0.905. The largest absolute Gasteiger partial charge is 0.383 e. The third-order valence-corrected chi connectivity index (χ3v) is 3.39. The minimum atomic E-state index is -0.143. The van der Waals surface area contributed by atoms with Crippen LogP contribution >= 0.6 is 0 Å². The highest BCUT2D eigenvalue weighted by molar-refractivity contribution is 5.56. The lowest BCUT2D eigenvalue weighted by Gasteiger charge is -2.22. The molecular weight excluding hydrogens is 262 g/mol. The number of hydrogen-bond acceptors (Lipinski definition) is 5. The molecule has 5 heteroatoms. The Balaban J connectivity index is 2.33. The average Bonchev–Trinajstić information content (AvgIpc) is 2.43. The number of hydrogen-bond donors (Lipinski definition) is 2. The smallest absolute Gasteiger partial charge is 0.138 e. The first kappa shape index (κ1) is 15.2. The molecule has 0 saturated carbocycles. The summed E-state index contributed by atoms with van der Waals surface area (Å²) in [6, 6.07) is 4.06. The van der Waals surface area contributed by atoms with Gasteiger partial charge in [-0.1, -0.05) is 26.8 Å². The minimum absolute atomic E-state index is 0.0968. The molecule has 1 unspecified atom stereocenters. The van der Waals surface area contributed by atoms with E-state index in [0.29, 0.717) is 5.82 Å². The molecule has 2 heterocycles. The fourth-order valence-electron chi connectivity index (χ4n) is 1.93. The van der Waals surface area contributed by atoms with Crippen molar-refractivity contribution in [1.29, 1.82) is 0 Å². The summed E-state index contributed by atoms with van der Waals surface area (Å²) < 4.78 is 0. The Kier molecular flexibility index (Phi) is 4.11. The summed E-state index contributed by atoms with van der Waals surface area (Å²) in [4.78, 5) is 13.2. The van der Waals surface area contributed by atoms with E-state index in [1.807, 2.05) is 25.3 Å². The normalized spacial score (nSPS) is 13.0. The topological polar surface area (TPSA) is 76.7 Å². The molecule has 21 heavy (non-hydrogen) atoms. The van der Waals surface area contributed by atoms with Gasteiger partial charge in [-0.2, -0.15) is 0 Å². The van der Waals surface area contributed by atoms with Gasteiger partial charge in [-0.3, -0.25) is 4.98 Å². The summed E-state index contributed by atoms with van der Waals surface area (Å²) in [6.45, 7) is 10.2. The lowest BCUT2D eigenvalue weighted by Crippen LogP contribution is -2.20. The van der Waals surface area contributed by atoms with E-state index in [1.54, 1.807) is 6.20 Å². The predicted octanol–water partition coefficient (Wildman–Crippen LogP) is 3.23. The van der Waals surface area contributed by atoms with Gasteiger partial charge in [0.2, 0.25) is 0 Å². The SMILES string of the molecule is Cc1c(N)nc(C(C)(C)C)nc1NC(C)c1cccnc1. The number of rotatable bonds is 3. The molecule has 0 aliphatic heterocycles. The number of nitrogen functional groups attached to an aromatic ring is 1. The van der Waals surface area contributed by atoms with E-state index in [2.05, 4.69) is 48.0 Å². The summed E-state index contributed by atoms with van der Waals surface area (Å²) in [5, 5.41) is 3.41. The standard InChI is InChI=1S/C16H23N5/c1-10-13(17)20-15(16(3,4)5)21-14(10)19-11(2)12-7-6-8-18-9-12/h6-9,11H,1-5H3,(H3,17,19,20,21). The van der Waals surface area contributed by atoms with Crippen LogP contribution in [-0.4, -0.2) is 15.0 Å². The van der Waals surface area contributed by atoms with Crippen molar-refractivity contribution < 1.29 is 0 Å². The van der Waals surface area contributed by atoms with E-state index in [9.17, 15) is 0 Å². The van der Waals surface area contributed by atoms with Crippen LogP contribution in [0.2, 0.25) is 0 Å². The minimum Gasteiger partial charge on any atom is -0.383 e. The molecular formula is C16H23N5. The molecule has 0 bridgehead atoms. The molecule has 0 spiro atoms. The molecule has 2 aromatic heterocycles. The summed E-state index contributed by atoms with van der Waals surface area (Å²) in [5.41, 5.74) is 7.86. The Labute approximate surface area is 126 Å². The van der Waals surface area contributed by atoms with Crippen LogP contribution < -0.4 is 11.1 Å². The molecule has 1 atom stereocenters. The molecule has 2 rings (SSSR count). The molecule has 0 aromatic carbocycles. The second-order valence-corrected chi connectivity index (χ2v) is 6.31. The van der Waals surface area contributed by atoms with Crippen molar-refractivity contribution in [2.24, 2.45) is 0 Å². The van der Waals surface area contributed by atoms with Crippen molar-refractivity contribution in [1.82, 2.24) is 15.0 Å². The van der Waals surface area contributed by atoms with Crippen LogP contribution in [0.1, 0.15) is 50.7 Å². The van der Waals surface area contributed by atoms with Crippen molar-refractivity contribution in [3.8, 4) is 0 Å². The highest BCUT2D eigenvalue weighted by Crippen LogP contribution is 2.27. The first-order valence-electron chi connectivity index (χ1n) is 7.10. The predicted molar refractivity (Wildman–Crippen MR) is 86.2 cm³/mol. The molecule has 5 nitrogen and oxygen atoms in total. The van der Waals surface area contributed by atoms with Crippen molar-refractivity contribution in [3.05, 3.63) is 41.5 Å². The molecule has 2 aromatic rings. The fraction of sp³-hybridized carbons (Fsp3) is 0.438. The zero-order valence-corrected chi connectivity index (χ0v) is 13.3. The third-order valence-electron chi connectivity index (χ3n) is 3.39. The summed E-state index contributed by atoms with van der Waals surface area (Å²) in [6.07, 6.45) is 3.62. The Morgan fingerprint density at radius 2 is 1.95 bits per heavy atom. The van der Waals surface area contributed by atoms with Gasteiger partial charge in [-0.25, -0.2) is 9.97 Å². The van der Waals surface area contributed by atoms with Gasteiger partial charge in [-0.05, 0) is 25.5 Å². The Hall–Kier alpha value is -2.17. The van der Waals surface area contributed by atoms with Gasteiger partial charge in [0.25, 0.3) is 0 Å². The first-order valence-corrected chi connectivity index (χ1v) is 7.10. The Morgan fingerprint density at radius 1 is 1.24 bits per heavy atom. The molecule has 112 valence electrons. The van der Waals surface area contributed by atoms with Gasteiger partial charge in [0.1, 0.15) is 17.5 Å². The highest BCUT2D eigenvalue weighted by Gasteiger charge is 2.21. The average molecular weight is 285 g/mol. The monoisotopic (exact) mass is 285 g/mol. The van der Waals surface area contributed by atoms with Crippen molar-refractivity contribution in [2.45, 2.75) is 46.1 Å². The van der Waals surface area contributed by atoms with E-state index in [0.717, 1.165) is 22.8 Å². The van der Waals surface area contributed by atoms with E-state index < -0.39 is 0 Å². The van der Waals surface area contributed by atoms with E-state index in [1.165, 1.54) is 0 Å². The van der Waals surface area contributed by atoms with Gasteiger partial charge in [0.15, 0.2) is 0 Å². The zero-order chi connectivity index (χ0) is 15.6. The van der Waals surface area contributed by atoms with Gasteiger partial charge in [-0.15, -0.1) is 0 Å². The van der Waals surface area contributed by atoms with E-state index in [4.69, 9.17) is 5.73 Å². The summed E-state index contributed by atoms with van der Waals surface area (Å²) in [7, 11) is 0. The van der Waals surface area contributed by atoms with Gasteiger partial charge in [0.05, 0.1) is 6.04 Å². The molecule has 3 N–H and O–H groups in total. The highest BCUT2D eigenvalue weighted by atomic mass is 15.1. The number of nitrogens with zero attached hydrogens (tertiary/aromatic N) is 3. The van der Waals surface area contributed by atoms with Crippen LogP contribution in [0, 0.1) is 6.92 Å². The van der Waals surface area contributed by atoms with Crippen molar-refractivity contribution in [3.63, 3.8) is 0 Å². The third kappa shape index (κ3) is 3.48. The second-order valence-electron chi connectivity index (χ2n) is 6.31. The maximum absolute atomic E-state index is 6.03. The number of aromatic nitrogens is 3. The number of nitrogens with two attached hydrogens (primary N) is 1. The van der Waals surface area contributed by atoms with Crippen LogP contribution in [-0.2, 0) is 5.41 Å². The van der Waals surface area contributed by atoms with Gasteiger partial charge >= 0.3 is 0 Å². The molecule has 0 aliphatic rings. The summed E-state index contributed by atoms with van der Waals surface area (Å²) in [5.74, 6) is 2.05. The maximum atomic E-state index is 6.03. The van der Waals surface area contributed by atoms with Crippen LogP contribution in [0.5, 0.6) is 0 Å². The molecule has 0 aliphatic carbocycles. The number of pyridine rings is 1. The second kappa shape index (κ2) is 5.68. The van der Waals surface area contributed by atoms with Crippen molar-refractivity contribution >= 4 is 11.6 Å². The van der Waals surface area contributed by atoms with Crippen molar-refractivity contribution in [2.75, 3.05) is 11.1 Å². The molecule has 0 fully saturated rings. The summed E-state index contributed by atoms with van der Waals surface area (Å²) >= 11 is 0.